The van der Waals surface area contributed by atoms with Crippen molar-refractivity contribution in [3.63, 3.8) is 0 Å². The molecule has 2 N–H and O–H groups in total. The summed E-state index contributed by atoms with van der Waals surface area (Å²) in [6, 6.07) is 0. The third kappa shape index (κ3) is 8.46. The molecule has 0 atom stereocenters. The molecule has 0 aromatic carbocycles. The molecule has 0 radical (unpaired) electrons. The van der Waals surface area contributed by atoms with Crippen LogP contribution in [0.25, 0.3) is 0 Å². The van der Waals surface area contributed by atoms with E-state index in [-0.39, 0.29) is 0 Å². The number of hydrogen-bond donors (Lipinski definition) is 2. The predicted molar refractivity (Wildman–Crippen MR) is 18.9 cm³/mol. The molecule has 0 aromatic rings. The van der Waals surface area contributed by atoms with Crippen LogP contribution < -0.4 is 0 Å². The molecule has 0 unspecified atom stereocenters. The van der Waals surface area contributed by atoms with E-state index in [1.54, 1.807) is 0 Å². The fraction of sp³-hybridized carbons (Fsp3) is 0. The molecule has 4 nitrogen and oxygen atoms in total. The maximum absolute atomic E-state index is 9.76. The molecule has 0 aliphatic carbocycles. The average molecular weight is 184 g/mol. The van der Waals surface area contributed by atoms with Crippen molar-refractivity contribution in [1.29, 1.82) is 0 Å². The Morgan fingerprint density at radius 2 is 2.14 bits per heavy atom. The van der Waals surface area contributed by atoms with Gasteiger partial charge in [0.15, 0.2) is 0 Å². The molecular weight excluding hydrogens is 182 g/mol. The van der Waals surface area contributed by atoms with Gasteiger partial charge in [0.2, 0.25) is 0 Å². The van der Waals surface area contributed by atoms with Gasteiger partial charge >= 0.3 is 77.7 Å². The van der Waals surface area contributed by atoms with E-state index in [4.69, 9.17) is 9.79 Å². The molecule has 7 heavy (non-hydrogen) atoms. The second-order valence-corrected chi connectivity index (χ2v) is 6.07. The van der Waals surface area contributed by atoms with Crippen LogP contribution in [0.4, 0.5) is 0 Å². The third-order valence-electron chi connectivity index (χ3n) is 0.210. The first kappa shape index (κ1) is 9.46. The van der Waals surface area contributed by atoms with Gasteiger partial charge in [-0.05, 0) is 0 Å². The zero-order valence-electron chi connectivity index (χ0n) is 3.66. The second-order valence-electron chi connectivity index (χ2n) is 0.786. The molecule has 0 saturated carbocycles. The standard InChI is InChI=1S/K.H3O4P.Ti/c;1-5(2,3)4;/h;(H3,1,2,3,4);/q;;+1/p-1. The summed E-state index contributed by atoms with van der Waals surface area (Å²) in [7, 11) is -4.73. The van der Waals surface area contributed by atoms with Crippen LogP contribution >= 0.6 is 7.82 Å². The molecule has 0 bridgehead atoms. The van der Waals surface area contributed by atoms with Crippen LogP contribution in [0.15, 0.2) is 0 Å². The zero-order valence-corrected chi connectivity index (χ0v) is 9.24. The van der Waals surface area contributed by atoms with Gasteiger partial charge in [0.05, 0.1) is 0 Å². The van der Waals surface area contributed by atoms with Gasteiger partial charge < -0.3 is 0 Å². The van der Waals surface area contributed by atoms with Gasteiger partial charge in [-0.25, -0.2) is 0 Å². The molecule has 36 valence electrons. The first-order chi connectivity index (χ1) is 3.06. The molecule has 0 aliphatic heterocycles. The van der Waals surface area contributed by atoms with Crippen molar-refractivity contribution in [1.82, 2.24) is 0 Å². The summed E-state index contributed by atoms with van der Waals surface area (Å²) in [6.07, 6.45) is 0. The normalized spacial score (nSPS) is 11.4. The molecular formula is H2KO4PTi. The van der Waals surface area contributed by atoms with Crippen LogP contribution in [-0.4, -0.2) is 53.4 Å². The zero-order chi connectivity index (χ0) is 5.91. The van der Waals surface area contributed by atoms with Gasteiger partial charge in [0.1, 0.15) is 0 Å². The van der Waals surface area contributed by atoms with Gasteiger partial charge in [-0.15, -0.1) is 0 Å². The Hall–Kier alpha value is 2.46. The van der Waals surface area contributed by atoms with Crippen molar-refractivity contribution in [2.24, 2.45) is 0 Å². The summed E-state index contributed by atoms with van der Waals surface area (Å²) < 4.78 is 13.9. The summed E-state index contributed by atoms with van der Waals surface area (Å²) in [5.74, 6) is 0. The quantitative estimate of drug-likeness (QED) is 0.434. The molecule has 0 heterocycles. The second kappa shape index (κ2) is 4.30. The summed E-state index contributed by atoms with van der Waals surface area (Å²) in [6.45, 7) is 0. The Kier molecular flexibility index (Phi) is 5.82. The number of hydrogen-bond acceptors (Lipinski definition) is 2. The van der Waals surface area contributed by atoms with Crippen LogP contribution in [0.1, 0.15) is 0 Å². The van der Waals surface area contributed by atoms with E-state index in [0.717, 1.165) is 0 Å². The minimum absolute atomic E-state index is 0.480. The fourth-order valence-electron chi connectivity index (χ4n) is 0.119. The molecule has 0 saturated heterocycles. The van der Waals surface area contributed by atoms with Crippen molar-refractivity contribution < 1.29 is 26.3 Å². The van der Waals surface area contributed by atoms with Crippen LogP contribution in [0.5, 0.6) is 0 Å². The summed E-state index contributed by atoms with van der Waals surface area (Å²) in [4.78, 5) is 15.9. The van der Waals surface area contributed by atoms with E-state index >= 15 is 0 Å². The molecule has 7 heteroatoms. The molecule has 0 spiro atoms. The van der Waals surface area contributed by atoms with E-state index < -0.39 is 16.7 Å². The minimum atomic E-state index is -4.06. The molecule has 0 aliphatic rings. The van der Waals surface area contributed by atoms with E-state index in [2.05, 4.69) is 3.11 Å². The van der Waals surface area contributed by atoms with Crippen LogP contribution in [0, 0.1) is 0 Å². The third-order valence-corrected chi connectivity index (χ3v) is 6.13. The SMILES string of the molecule is O=P(O)(O)[O][Ti][K]. The van der Waals surface area contributed by atoms with E-state index in [1.807, 2.05) is 0 Å². The Morgan fingerprint density at radius 1 is 1.71 bits per heavy atom. The first-order valence-electron chi connectivity index (χ1n) is 1.47. The van der Waals surface area contributed by atoms with Crippen LogP contribution in [0.2, 0.25) is 0 Å². The Morgan fingerprint density at radius 3 is 2.14 bits per heavy atom. The van der Waals surface area contributed by atoms with Crippen molar-refractivity contribution >= 4 is 51.4 Å². The van der Waals surface area contributed by atoms with Crippen molar-refractivity contribution in [2.45, 2.75) is 0 Å². The van der Waals surface area contributed by atoms with Gasteiger partial charge in [0.25, 0.3) is 0 Å². The number of phosphoric acid groups is 1. The van der Waals surface area contributed by atoms with Crippen molar-refractivity contribution in [2.75, 3.05) is 0 Å². The Bertz CT molecular complexity index is 85.7. The molecule has 0 aromatic heterocycles. The summed E-state index contributed by atoms with van der Waals surface area (Å²) in [5, 5.41) is 0. The number of rotatable bonds is 2. The Labute approximate surface area is 75.8 Å². The van der Waals surface area contributed by atoms with Gasteiger partial charge in [-0.3, -0.25) is 0 Å². The van der Waals surface area contributed by atoms with Crippen LogP contribution in [0.3, 0.4) is 0 Å². The van der Waals surface area contributed by atoms with Gasteiger partial charge in [-0.2, -0.15) is 0 Å². The molecule has 0 fully saturated rings. The fourth-order valence-corrected chi connectivity index (χ4v) is 6.06. The predicted octanol–water partition coefficient (Wildman–Crippen LogP) is -0.823. The monoisotopic (exact) mass is 184 g/mol. The summed E-state index contributed by atoms with van der Waals surface area (Å²) >= 11 is 0.480. The van der Waals surface area contributed by atoms with Crippen molar-refractivity contribution in [3.05, 3.63) is 0 Å². The van der Waals surface area contributed by atoms with E-state index in [0.29, 0.717) is 43.6 Å². The Balaban J connectivity index is 3.36. The van der Waals surface area contributed by atoms with Gasteiger partial charge in [0, 0.05) is 0 Å². The van der Waals surface area contributed by atoms with Crippen molar-refractivity contribution in [3.8, 4) is 0 Å². The van der Waals surface area contributed by atoms with E-state index in [1.165, 1.54) is 0 Å². The summed E-state index contributed by atoms with van der Waals surface area (Å²) in [5.41, 5.74) is 0. The average Bonchev–Trinajstić information content (AvgIpc) is 1.30. The van der Waals surface area contributed by atoms with Gasteiger partial charge in [-0.1, -0.05) is 0 Å². The van der Waals surface area contributed by atoms with E-state index in [9.17, 15) is 4.57 Å². The topological polar surface area (TPSA) is 66.8 Å². The first-order valence-corrected chi connectivity index (χ1v) is 11.6. The van der Waals surface area contributed by atoms with Crippen LogP contribution in [-0.2, 0) is 16.5 Å². The molecule has 0 rings (SSSR count). The maximum atomic E-state index is 9.76. The molecule has 0 amide bonds.